The smallest absolute Gasteiger partial charge is 0.337 e. The number of esters is 1. The highest BCUT2D eigenvalue weighted by Gasteiger charge is 2.14. The van der Waals surface area contributed by atoms with Gasteiger partial charge >= 0.3 is 5.97 Å². The van der Waals surface area contributed by atoms with E-state index in [0.29, 0.717) is 28.3 Å². The minimum Gasteiger partial charge on any atom is -0.465 e. The van der Waals surface area contributed by atoms with Crippen LogP contribution in [-0.2, 0) is 4.74 Å². The number of fused-ring (bicyclic) bond motifs is 1. The number of rotatable bonds is 4. The summed E-state index contributed by atoms with van der Waals surface area (Å²) in [4.78, 5) is 30.9. The average molecular weight is 353 g/mol. The predicted octanol–water partition coefficient (Wildman–Crippen LogP) is 1.54. The molecule has 8 heteroatoms. The van der Waals surface area contributed by atoms with Crippen molar-refractivity contribution < 1.29 is 9.53 Å². The Kier molecular flexibility index (Phi) is 6.16. The Bertz CT molecular complexity index is 771. The molecule has 3 N–H and O–H groups in total. The maximum atomic E-state index is 12.2. The molecule has 0 saturated carbocycles. The Labute approximate surface area is 145 Å². The van der Waals surface area contributed by atoms with E-state index < -0.39 is 5.97 Å². The summed E-state index contributed by atoms with van der Waals surface area (Å²) < 4.78 is 4.67. The molecule has 0 aliphatic carbocycles. The van der Waals surface area contributed by atoms with Crippen molar-refractivity contribution in [1.29, 1.82) is 0 Å². The van der Waals surface area contributed by atoms with Gasteiger partial charge in [-0.3, -0.25) is 9.78 Å². The third kappa shape index (κ3) is 4.04. The molecule has 3 rings (SSSR count). The molecule has 0 amide bonds. The highest BCUT2D eigenvalue weighted by molar-refractivity contribution is 5.94. The number of hydrogen-bond acceptors (Lipinski definition) is 6. The lowest BCUT2D eigenvalue weighted by molar-refractivity contribution is 0.0601. The second-order valence-corrected chi connectivity index (χ2v) is 5.71. The van der Waals surface area contributed by atoms with E-state index in [1.54, 1.807) is 12.1 Å². The fraction of sp³-hybridized carbons (Fsp3) is 0.438. The number of aromatic nitrogens is 2. The van der Waals surface area contributed by atoms with Crippen LogP contribution in [0.2, 0.25) is 0 Å². The lowest BCUT2D eigenvalue weighted by Gasteiger charge is -2.22. The van der Waals surface area contributed by atoms with Crippen LogP contribution in [0, 0.1) is 5.92 Å². The molecule has 1 aliphatic heterocycles. The molecule has 1 aromatic heterocycles. The van der Waals surface area contributed by atoms with Crippen LogP contribution >= 0.6 is 12.4 Å². The van der Waals surface area contributed by atoms with Crippen LogP contribution in [-0.4, -0.2) is 42.7 Å². The predicted molar refractivity (Wildman–Crippen MR) is 95.0 cm³/mol. The van der Waals surface area contributed by atoms with Gasteiger partial charge in [-0.05, 0) is 50.0 Å². The van der Waals surface area contributed by atoms with Crippen LogP contribution < -0.4 is 16.2 Å². The molecule has 1 aromatic carbocycles. The molecule has 24 heavy (non-hydrogen) atoms. The molecule has 1 fully saturated rings. The fourth-order valence-electron chi connectivity index (χ4n) is 2.79. The Morgan fingerprint density at radius 1 is 1.38 bits per heavy atom. The van der Waals surface area contributed by atoms with E-state index in [2.05, 4.69) is 25.3 Å². The SMILES string of the molecule is COC(=O)c1ccc2nc(NCC3CCNCC3)[nH]c(=O)c2c1.Cl. The van der Waals surface area contributed by atoms with E-state index in [0.717, 1.165) is 32.5 Å². The summed E-state index contributed by atoms with van der Waals surface area (Å²) in [5.74, 6) is 0.574. The lowest BCUT2D eigenvalue weighted by atomic mass is 9.98. The van der Waals surface area contributed by atoms with Crippen molar-refractivity contribution in [3.05, 3.63) is 34.1 Å². The molecule has 0 radical (unpaired) electrons. The molecule has 2 aromatic rings. The summed E-state index contributed by atoms with van der Waals surface area (Å²) in [6.07, 6.45) is 2.24. The molecular weight excluding hydrogens is 332 g/mol. The summed E-state index contributed by atoms with van der Waals surface area (Å²) in [7, 11) is 1.31. The normalized spacial score (nSPS) is 14.9. The molecule has 1 aliphatic rings. The van der Waals surface area contributed by atoms with Crippen LogP contribution in [0.25, 0.3) is 10.9 Å². The molecule has 0 unspecified atom stereocenters. The first-order chi connectivity index (χ1) is 11.2. The van der Waals surface area contributed by atoms with Gasteiger partial charge in [0.25, 0.3) is 5.56 Å². The van der Waals surface area contributed by atoms with E-state index in [1.165, 1.54) is 13.2 Å². The molecule has 0 atom stereocenters. The lowest BCUT2D eigenvalue weighted by Crippen LogP contribution is -2.31. The zero-order chi connectivity index (χ0) is 16.2. The van der Waals surface area contributed by atoms with Gasteiger partial charge in [0, 0.05) is 6.54 Å². The number of benzene rings is 1. The van der Waals surface area contributed by atoms with Crippen LogP contribution in [0.1, 0.15) is 23.2 Å². The number of anilines is 1. The number of aromatic amines is 1. The van der Waals surface area contributed by atoms with Crippen LogP contribution in [0.15, 0.2) is 23.0 Å². The number of halogens is 1. The van der Waals surface area contributed by atoms with Crippen LogP contribution in [0.3, 0.4) is 0 Å². The van der Waals surface area contributed by atoms with Gasteiger partial charge in [0.15, 0.2) is 0 Å². The molecule has 1 saturated heterocycles. The number of methoxy groups -OCH3 is 1. The third-order valence-electron chi connectivity index (χ3n) is 4.14. The van der Waals surface area contributed by atoms with Crippen molar-refractivity contribution in [1.82, 2.24) is 15.3 Å². The van der Waals surface area contributed by atoms with Crippen molar-refractivity contribution in [2.45, 2.75) is 12.8 Å². The molecule has 2 heterocycles. The summed E-state index contributed by atoms with van der Waals surface area (Å²) in [5.41, 5.74) is 0.616. The van der Waals surface area contributed by atoms with Gasteiger partial charge in [0.1, 0.15) is 0 Å². The average Bonchev–Trinajstić information content (AvgIpc) is 2.60. The number of H-pyrrole nitrogens is 1. The van der Waals surface area contributed by atoms with Crippen molar-refractivity contribution in [2.24, 2.45) is 5.92 Å². The molecule has 130 valence electrons. The van der Waals surface area contributed by atoms with Crippen molar-refractivity contribution >= 4 is 35.2 Å². The highest BCUT2D eigenvalue weighted by Crippen LogP contribution is 2.15. The van der Waals surface area contributed by atoms with E-state index in [9.17, 15) is 9.59 Å². The summed E-state index contributed by atoms with van der Waals surface area (Å²) in [6, 6.07) is 4.77. The van der Waals surface area contributed by atoms with Crippen LogP contribution in [0.4, 0.5) is 5.95 Å². The third-order valence-corrected chi connectivity index (χ3v) is 4.14. The first kappa shape index (κ1) is 18.2. The van der Waals surface area contributed by atoms with Crippen molar-refractivity contribution in [3.63, 3.8) is 0 Å². The second kappa shape index (κ2) is 8.12. The zero-order valence-corrected chi connectivity index (χ0v) is 14.2. The van der Waals surface area contributed by atoms with Gasteiger partial charge in [0.05, 0.1) is 23.6 Å². The molecular formula is C16H21ClN4O3. The minimum atomic E-state index is -0.473. The Hall–Kier alpha value is -2.12. The van der Waals surface area contributed by atoms with E-state index >= 15 is 0 Å². The molecule has 7 nitrogen and oxygen atoms in total. The van der Waals surface area contributed by atoms with Gasteiger partial charge in [-0.1, -0.05) is 0 Å². The summed E-state index contributed by atoms with van der Waals surface area (Å²) >= 11 is 0. The Balaban J connectivity index is 0.00000208. The quantitative estimate of drug-likeness (QED) is 0.722. The zero-order valence-electron chi connectivity index (χ0n) is 13.4. The number of piperidine rings is 1. The van der Waals surface area contributed by atoms with Gasteiger partial charge in [-0.15, -0.1) is 12.4 Å². The fourth-order valence-corrected chi connectivity index (χ4v) is 2.79. The number of nitrogens with one attached hydrogen (secondary N) is 3. The van der Waals surface area contributed by atoms with Gasteiger partial charge < -0.3 is 15.4 Å². The second-order valence-electron chi connectivity index (χ2n) is 5.71. The summed E-state index contributed by atoms with van der Waals surface area (Å²) in [6.45, 7) is 2.85. The number of carbonyl (C=O) groups is 1. The maximum absolute atomic E-state index is 12.2. The van der Waals surface area contributed by atoms with Crippen molar-refractivity contribution in [2.75, 3.05) is 32.1 Å². The molecule has 0 bridgehead atoms. The minimum absolute atomic E-state index is 0. The standard InChI is InChI=1S/C16H20N4O3.ClH/c1-23-15(22)11-2-3-13-12(8-11)14(21)20-16(19-13)18-9-10-4-6-17-7-5-10;/h2-3,8,10,17H,4-7,9H2,1H3,(H2,18,19,20,21);1H. The number of nitrogens with zero attached hydrogens (tertiary/aromatic N) is 1. The van der Waals surface area contributed by atoms with Crippen molar-refractivity contribution in [3.8, 4) is 0 Å². The van der Waals surface area contributed by atoms with Gasteiger partial charge in [-0.2, -0.15) is 0 Å². The maximum Gasteiger partial charge on any atom is 0.337 e. The molecule has 0 spiro atoms. The monoisotopic (exact) mass is 352 g/mol. The Morgan fingerprint density at radius 3 is 2.83 bits per heavy atom. The van der Waals surface area contributed by atoms with E-state index in [-0.39, 0.29) is 18.0 Å². The van der Waals surface area contributed by atoms with Gasteiger partial charge in [0.2, 0.25) is 5.95 Å². The van der Waals surface area contributed by atoms with E-state index in [1.807, 2.05) is 0 Å². The first-order valence-electron chi connectivity index (χ1n) is 7.74. The highest BCUT2D eigenvalue weighted by atomic mass is 35.5. The number of ether oxygens (including phenoxy) is 1. The first-order valence-corrected chi connectivity index (χ1v) is 7.74. The van der Waals surface area contributed by atoms with E-state index in [4.69, 9.17) is 0 Å². The summed E-state index contributed by atoms with van der Waals surface area (Å²) in [5, 5.41) is 6.91. The topological polar surface area (TPSA) is 96.1 Å². The number of carbonyl (C=O) groups excluding carboxylic acids is 1. The number of hydrogen-bond donors (Lipinski definition) is 3. The van der Waals surface area contributed by atoms with Gasteiger partial charge in [-0.25, -0.2) is 9.78 Å². The largest absolute Gasteiger partial charge is 0.465 e. The Morgan fingerprint density at radius 2 is 2.12 bits per heavy atom. The van der Waals surface area contributed by atoms with Crippen LogP contribution in [0.5, 0.6) is 0 Å².